The molecule has 1 saturated carbocycles. The lowest BCUT2D eigenvalue weighted by Gasteiger charge is -2.38. The minimum Gasteiger partial charge on any atom is -0.462 e. The van der Waals surface area contributed by atoms with E-state index in [1.807, 2.05) is 9.47 Å². The molecule has 7 nitrogen and oxygen atoms in total. The summed E-state index contributed by atoms with van der Waals surface area (Å²) in [7, 11) is 0. The molecule has 0 radical (unpaired) electrons. The van der Waals surface area contributed by atoms with Crippen LogP contribution in [0.25, 0.3) is 10.9 Å². The number of ether oxygens (including phenoxy) is 1. The van der Waals surface area contributed by atoms with E-state index in [9.17, 15) is 9.59 Å². The quantitative estimate of drug-likeness (QED) is 0.603. The number of hydrogen-bond acceptors (Lipinski definition) is 6. The van der Waals surface area contributed by atoms with Gasteiger partial charge in [0.15, 0.2) is 5.82 Å². The Balaban J connectivity index is 1.93. The summed E-state index contributed by atoms with van der Waals surface area (Å²) >= 11 is 0. The molecule has 2 aromatic rings. The summed E-state index contributed by atoms with van der Waals surface area (Å²) in [5.74, 6) is -1.32. The molecule has 2 fully saturated rings. The monoisotopic (exact) mass is 402 g/mol. The number of piperazine rings is 1. The maximum atomic E-state index is 15.3. The van der Waals surface area contributed by atoms with Gasteiger partial charge in [0, 0.05) is 37.4 Å². The van der Waals surface area contributed by atoms with Crippen LogP contribution in [0.15, 0.2) is 17.1 Å². The fourth-order valence-corrected chi connectivity index (χ4v) is 4.26. The summed E-state index contributed by atoms with van der Waals surface area (Å²) in [4.78, 5) is 27.3. The predicted octanol–water partition coefficient (Wildman–Crippen LogP) is 2.42. The van der Waals surface area contributed by atoms with Crippen LogP contribution in [-0.2, 0) is 4.74 Å². The van der Waals surface area contributed by atoms with Gasteiger partial charge in [0.05, 0.1) is 28.9 Å². The number of fused-ring (bicyclic) bond motifs is 1. The number of nitrogens with zero attached hydrogens (tertiary/aromatic N) is 2. The van der Waals surface area contributed by atoms with Crippen molar-refractivity contribution >= 4 is 28.2 Å². The van der Waals surface area contributed by atoms with Crippen molar-refractivity contribution in [2.45, 2.75) is 51.7 Å². The fraction of sp³-hybridized carbons (Fsp3) is 0.524. The Morgan fingerprint density at radius 3 is 2.55 bits per heavy atom. The minimum absolute atomic E-state index is 0.0555. The first kappa shape index (κ1) is 19.7. The molecule has 1 aliphatic carbocycles. The molecule has 2 aliphatic rings. The first-order chi connectivity index (χ1) is 13.8. The molecule has 2 atom stereocenters. The molecule has 0 bridgehead atoms. The summed E-state index contributed by atoms with van der Waals surface area (Å²) in [5.41, 5.74) is 6.22. The zero-order valence-electron chi connectivity index (χ0n) is 17.0. The summed E-state index contributed by atoms with van der Waals surface area (Å²) < 4.78 is 22.2. The van der Waals surface area contributed by atoms with Gasteiger partial charge >= 0.3 is 5.97 Å². The van der Waals surface area contributed by atoms with Crippen LogP contribution in [0.3, 0.4) is 0 Å². The number of nitrogens with two attached hydrogens (primary N) is 1. The Morgan fingerprint density at radius 2 is 1.97 bits per heavy atom. The molecule has 29 heavy (non-hydrogen) atoms. The van der Waals surface area contributed by atoms with Gasteiger partial charge in [-0.15, -0.1) is 0 Å². The van der Waals surface area contributed by atoms with Crippen molar-refractivity contribution in [1.29, 1.82) is 0 Å². The van der Waals surface area contributed by atoms with Crippen molar-refractivity contribution in [3.8, 4) is 0 Å². The van der Waals surface area contributed by atoms with Crippen LogP contribution < -0.4 is 21.4 Å². The van der Waals surface area contributed by atoms with E-state index in [-0.39, 0.29) is 41.4 Å². The first-order valence-electron chi connectivity index (χ1n) is 10.2. The Kier molecular flexibility index (Phi) is 4.98. The van der Waals surface area contributed by atoms with Crippen LogP contribution in [0.2, 0.25) is 0 Å². The van der Waals surface area contributed by atoms with Crippen LogP contribution in [-0.4, -0.2) is 42.3 Å². The van der Waals surface area contributed by atoms with Crippen LogP contribution in [0.4, 0.5) is 15.8 Å². The highest BCUT2D eigenvalue weighted by molar-refractivity contribution is 6.00. The van der Waals surface area contributed by atoms with Crippen molar-refractivity contribution in [3.63, 3.8) is 0 Å². The van der Waals surface area contributed by atoms with E-state index in [1.165, 1.54) is 0 Å². The molecule has 1 aromatic heterocycles. The normalized spacial score (nSPS) is 22.1. The highest BCUT2D eigenvalue weighted by Gasteiger charge is 2.31. The molecule has 0 unspecified atom stereocenters. The van der Waals surface area contributed by atoms with Gasteiger partial charge in [-0.05, 0) is 39.7 Å². The number of pyridine rings is 1. The zero-order chi connectivity index (χ0) is 20.9. The number of carbonyl (C=O) groups excluding carboxylic acids is 1. The van der Waals surface area contributed by atoms with Gasteiger partial charge < -0.3 is 25.3 Å². The first-order valence-corrected chi connectivity index (χ1v) is 10.2. The van der Waals surface area contributed by atoms with Crippen LogP contribution in [0.1, 0.15) is 50.0 Å². The SMILES string of the molecule is CCOC(=O)c1cn(C2CC2)c2cc(N3C[C@@H](C)N[C@@H](C)C3)c(F)c(N)c2c1=O. The topological polar surface area (TPSA) is 89.6 Å². The number of esters is 1. The number of halogens is 1. The number of benzene rings is 1. The largest absolute Gasteiger partial charge is 0.462 e. The van der Waals surface area contributed by atoms with Gasteiger partial charge in [-0.25, -0.2) is 9.18 Å². The average molecular weight is 402 g/mol. The Bertz CT molecular complexity index is 1020. The lowest BCUT2D eigenvalue weighted by Crippen LogP contribution is -2.54. The van der Waals surface area contributed by atoms with E-state index >= 15 is 4.39 Å². The molecule has 1 aromatic carbocycles. The Labute approximate surface area is 168 Å². The molecule has 0 spiro atoms. The molecule has 4 rings (SSSR count). The number of nitrogens with one attached hydrogen (secondary N) is 1. The highest BCUT2D eigenvalue weighted by atomic mass is 19.1. The number of aromatic nitrogens is 1. The third kappa shape index (κ3) is 3.46. The van der Waals surface area contributed by atoms with Crippen molar-refractivity contribution in [2.24, 2.45) is 0 Å². The molecule has 1 saturated heterocycles. The molecule has 1 aliphatic heterocycles. The van der Waals surface area contributed by atoms with Crippen molar-refractivity contribution in [1.82, 2.24) is 9.88 Å². The van der Waals surface area contributed by atoms with Gasteiger partial charge in [-0.3, -0.25) is 4.79 Å². The third-order valence-electron chi connectivity index (χ3n) is 5.61. The molecule has 3 N–H and O–H groups in total. The lowest BCUT2D eigenvalue weighted by molar-refractivity contribution is 0.0524. The second-order valence-corrected chi connectivity index (χ2v) is 8.12. The predicted molar refractivity (Wildman–Crippen MR) is 111 cm³/mol. The van der Waals surface area contributed by atoms with E-state index in [2.05, 4.69) is 19.2 Å². The van der Waals surface area contributed by atoms with E-state index in [0.29, 0.717) is 24.3 Å². The maximum absolute atomic E-state index is 15.3. The summed E-state index contributed by atoms with van der Waals surface area (Å²) in [5, 5.41) is 3.48. The highest BCUT2D eigenvalue weighted by Crippen LogP contribution is 2.40. The standard InChI is InChI=1S/C21H27FN4O3/c1-4-29-21(28)14-10-26(13-5-6-13)15-7-16(18(22)19(23)17(15)20(14)27)25-8-11(2)24-12(3)9-25/h7,10-13,24H,4-6,8-9,23H2,1-3H3/t11-,12+. The van der Waals surface area contributed by atoms with E-state index < -0.39 is 17.2 Å². The van der Waals surface area contributed by atoms with Crippen molar-refractivity contribution < 1.29 is 13.9 Å². The summed E-state index contributed by atoms with van der Waals surface area (Å²) in [6.07, 6.45) is 3.42. The van der Waals surface area contributed by atoms with Gasteiger partial charge in [0.25, 0.3) is 0 Å². The molecule has 0 amide bonds. The van der Waals surface area contributed by atoms with Gasteiger partial charge in [-0.1, -0.05) is 0 Å². The van der Waals surface area contributed by atoms with Gasteiger partial charge in [0.2, 0.25) is 5.43 Å². The molecule has 2 heterocycles. The molecule has 8 heteroatoms. The Morgan fingerprint density at radius 1 is 1.31 bits per heavy atom. The zero-order valence-corrected chi connectivity index (χ0v) is 17.0. The number of anilines is 2. The van der Waals surface area contributed by atoms with Crippen LogP contribution in [0, 0.1) is 5.82 Å². The number of rotatable bonds is 4. The smallest absolute Gasteiger partial charge is 0.343 e. The lowest BCUT2D eigenvalue weighted by atomic mass is 10.0. The van der Waals surface area contributed by atoms with Crippen molar-refractivity contribution in [3.05, 3.63) is 33.9 Å². The Hall–Kier alpha value is -2.61. The summed E-state index contributed by atoms with van der Waals surface area (Å²) in [6, 6.07) is 2.28. The van der Waals surface area contributed by atoms with Crippen LogP contribution >= 0.6 is 0 Å². The molecular formula is C21H27FN4O3. The number of hydrogen-bond donors (Lipinski definition) is 2. The van der Waals surface area contributed by atoms with Crippen LogP contribution in [0.5, 0.6) is 0 Å². The minimum atomic E-state index is -0.706. The second kappa shape index (κ2) is 7.33. The molecular weight excluding hydrogens is 375 g/mol. The second-order valence-electron chi connectivity index (χ2n) is 8.12. The van der Waals surface area contributed by atoms with E-state index in [0.717, 1.165) is 12.8 Å². The van der Waals surface area contributed by atoms with Gasteiger partial charge in [-0.2, -0.15) is 0 Å². The molecule has 156 valence electrons. The van der Waals surface area contributed by atoms with E-state index in [1.54, 1.807) is 19.2 Å². The van der Waals surface area contributed by atoms with Crippen molar-refractivity contribution in [2.75, 3.05) is 30.3 Å². The summed E-state index contributed by atoms with van der Waals surface area (Å²) in [6.45, 7) is 7.21. The van der Waals surface area contributed by atoms with Gasteiger partial charge in [0.1, 0.15) is 5.56 Å². The third-order valence-corrected chi connectivity index (χ3v) is 5.61. The average Bonchev–Trinajstić information content (AvgIpc) is 3.49. The number of nitrogen functional groups attached to an aromatic ring is 1. The number of carbonyl (C=O) groups is 1. The maximum Gasteiger partial charge on any atom is 0.343 e. The fourth-order valence-electron chi connectivity index (χ4n) is 4.26. The van der Waals surface area contributed by atoms with E-state index in [4.69, 9.17) is 10.5 Å².